The first-order valence-corrected chi connectivity index (χ1v) is 7.49. The largest absolute Gasteiger partial charge is 0.323 e. The second-order valence-electron chi connectivity index (χ2n) is 5.24. The molecule has 2 rings (SSSR count). The molecule has 2 aromatic rings. The van der Waals surface area contributed by atoms with Gasteiger partial charge in [-0.3, -0.25) is 4.68 Å². The Morgan fingerprint density at radius 3 is 2.75 bits per heavy atom. The Bertz CT molecular complexity index is 492. The number of benzene rings is 1. The SMILES string of the molecule is CCCC(N)c1cn(CCCCc2ccccc2)nn1. The second kappa shape index (κ2) is 7.80. The number of aryl methyl sites for hydroxylation is 2. The Kier molecular flexibility index (Phi) is 5.74. The van der Waals surface area contributed by atoms with Gasteiger partial charge in [-0.2, -0.15) is 0 Å². The first kappa shape index (κ1) is 14.7. The standard InChI is InChI=1S/C16H24N4/c1-2-8-15(17)16-13-20(19-18-16)12-7-6-11-14-9-4-3-5-10-14/h3-5,9-10,13,15H,2,6-8,11-12,17H2,1H3. The maximum absolute atomic E-state index is 6.03. The van der Waals surface area contributed by atoms with Crippen LogP contribution in [0.1, 0.15) is 49.9 Å². The molecular weight excluding hydrogens is 248 g/mol. The molecule has 4 heteroatoms. The third-order valence-corrected chi connectivity index (χ3v) is 3.48. The van der Waals surface area contributed by atoms with Crippen LogP contribution >= 0.6 is 0 Å². The van der Waals surface area contributed by atoms with Crippen molar-refractivity contribution in [1.29, 1.82) is 0 Å². The van der Waals surface area contributed by atoms with Gasteiger partial charge in [-0.1, -0.05) is 48.9 Å². The topological polar surface area (TPSA) is 56.7 Å². The maximum Gasteiger partial charge on any atom is 0.0994 e. The average molecular weight is 272 g/mol. The van der Waals surface area contributed by atoms with Crippen molar-refractivity contribution in [3.05, 3.63) is 47.8 Å². The lowest BCUT2D eigenvalue weighted by molar-refractivity contribution is 0.541. The number of hydrogen-bond donors (Lipinski definition) is 1. The zero-order valence-electron chi connectivity index (χ0n) is 12.2. The van der Waals surface area contributed by atoms with Gasteiger partial charge in [-0.25, -0.2) is 0 Å². The third-order valence-electron chi connectivity index (χ3n) is 3.48. The summed E-state index contributed by atoms with van der Waals surface area (Å²) in [5.74, 6) is 0. The van der Waals surface area contributed by atoms with Crippen molar-refractivity contribution >= 4 is 0 Å². The zero-order chi connectivity index (χ0) is 14.2. The number of nitrogens with zero attached hydrogens (tertiary/aromatic N) is 3. The van der Waals surface area contributed by atoms with E-state index in [0.717, 1.165) is 37.9 Å². The number of rotatable bonds is 8. The predicted molar refractivity (Wildman–Crippen MR) is 81.2 cm³/mol. The molecule has 1 unspecified atom stereocenters. The van der Waals surface area contributed by atoms with Gasteiger partial charge in [0, 0.05) is 6.54 Å². The summed E-state index contributed by atoms with van der Waals surface area (Å²) in [7, 11) is 0. The normalized spacial score (nSPS) is 12.5. The van der Waals surface area contributed by atoms with Crippen LogP contribution in [0.5, 0.6) is 0 Å². The highest BCUT2D eigenvalue weighted by Crippen LogP contribution is 2.12. The number of nitrogens with two attached hydrogens (primary N) is 1. The summed E-state index contributed by atoms with van der Waals surface area (Å²) < 4.78 is 1.91. The van der Waals surface area contributed by atoms with E-state index in [1.54, 1.807) is 0 Å². The quantitative estimate of drug-likeness (QED) is 0.751. The summed E-state index contributed by atoms with van der Waals surface area (Å²) in [6.45, 7) is 3.05. The molecule has 0 aliphatic rings. The molecule has 0 spiro atoms. The van der Waals surface area contributed by atoms with Crippen molar-refractivity contribution in [2.75, 3.05) is 0 Å². The summed E-state index contributed by atoms with van der Waals surface area (Å²) in [4.78, 5) is 0. The Morgan fingerprint density at radius 2 is 2.00 bits per heavy atom. The fourth-order valence-electron chi connectivity index (χ4n) is 2.30. The van der Waals surface area contributed by atoms with Crippen molar-refractivity contribution in [3.8, 4) is 0 Å². The first-order chi connectivity index (χ1) is 9.79. The summed E-state index contributed by atoms with van der Waals surface area (Å²) in [6, 6.07) is 10.6. The molecule has 0 amide bonds. The van der Waals surface area contributed by atoms with Gasteiger partial charge in [0.15, 0.2) is 0 Å². The van der Waals surface area contributed by atoms with Gasteiger partial charge in [0.1, 0.15) is 0 Å². The first-order valence-electron chi connectivity index (χ1n) is 7.49. The molecule has 0 aliphatic carbocycles. The average Bonchev–Trinajstić information content (AvgIpc) is 2.94. The summed E-state index contributed by atoms with van der Waals surface area (Å²) in [6.07, 6.45) is 7.43. The van der Waals surface area contributed by atoms with Crippen LogP contribution in [0.25, 0.3) is 0 Å². The van der Waals surface area contributed by atoms with Crippen LogP contribution in [0.15, 0.2) is 36.5 Å². The van der Waals surface area contributed by atoms with Gasteiger partial charge in [0.2, 0.25) is 0 Å². The van der Waals surface area contributed by atoms with E-state index < -0.39 is 0 Å². The Labute approximate surface area is 121 Å². The molecule has 20 heavy (non-hydrogen) atoms. The van der Waals surface area contributed by atoms with Crippen molar-refractivity contribution in [1.82, 2.24) is 15.0 Å². The highest BCUT2D eigenvalue weighted by atomic mass is 15.4. The van der Waals surface area contributed by atoms with Crippen LogP contribution in [0.2, 0.25) is 0 Å². The molecule has 2 N–H and O–H groups in total. The Morgan fingerprint density at radius 1 is 1.20 bits per heavy atom. The highest BCUT2D eigenvalue weighted by Gasteiger charge is 2.09. The molecule has 0 bridgehead atoms. The van der Waals surface area contributed by atoms with Gasteiger partial charge in [-0.15, -0.1) is 5.10 Å². The molecular formula is C16H24N4. The van der Waals surface area contributed by atoms with Crippen LogP contribution in [-0.2, 0) is 13.0 Å². The second-order valence-corrected chi connectivity index (χ2v) is 5.24. The van der Waals surface area contributed by atoms with Gasteiger partial charge in [0.05, 0.1) is 17.9 Å². The molecule has 0 saturated carbocycles. The van der Waals surface area contributed by atoms with Crippen LogP contribution < -0.4 is 5.73 Å². The van der Waals surface area contributed by atoms with Crippen molar-refractivity contribution in [2.45, 2.75) is 51.6 Å². The van der Waals surface area contributed by atoms with Crippen LogP contribution in [0.4, 0.5) is 0 Å². The molecule has 0 saturated heterocycles. The van der Waals surface area contributed by atoms with Gasteiger partial charge in [-0.05, 0) is 31.2 Å². The van der Waals surface area contributed by atoms with E-state index in [-0.39, 0.29) is 6.04 Å². The fraction of sp³-hybridized carbons (Fsp3) is 0.500. The predicted octanol–water partition coefficient (Wildman–Crippen LogP) is 3.10. The van der Waals surface area contributed by atoms with Crippen molar-refractivity contribution in [2.24, 2.45) is 5.73 Å². The lowest BCUT2D eigenvalue weighted by Gasteiger charge is -2.04. The molecule has 1 atom stereocenters. The van der Waals surface area contributed by atoms with Gasteiger partial charge in [0.25, 0.3) is 0 Å². The molecule has 1 aromatic carbocycles. The lowest BCUT2D eigenvalue weighted by Crippen LogP contribution is -2.10. The number of unbranched alkanes of at least 4 members (excludes halogenated alkanes) is 1. The smallest absolute Gasteiger partial charge is 0.0994 e. The molecule has 1 aromatic heterocycles. The summed E-state index contributed by atoms with van der Waals surface area (Å²) in [5.41, 5.74) is 8.35. The Hall–Kier alpha value is -1.68. The van der Waals surface area contributed by atoms with Crippen LogP contribution in [0.3, 0.4) is 0 Å². The zero-order valence-corrected chi connectivity index (χ0v) is 12.2. The highest BCUT2D eigenvalue weighted by molar-refractivity contribution is 5.14. The lowest BCUT2D eigenvalue weighted by atomic mass is 10.1. The van der Waals surface area contributed by atoms with Crippen LogP contribution in [-0.4, -0.2) is 15.0 Å². The number of hydrogen-bond acceptors (Lipinski definition) is 3. The van der Waals surface area contributed by atoms with Crippen LogP contribution in [0, 0.1) is 0 Å². The van der Waals surface area contributed by atoms with Crippen molar-refractivity contribution in [3.63, 3.8) is 0 Å². The molecule has 4 nitrogen and oxygen atoms in total. The van der Waals surface area contributed by atoms with Gasteiger partial charge < -0.3 is 5.73 Å². The van der Waals surface area contributed by atoms with E-state index in [4.69, 9.17) is 5.73 Å². The van der Waals surface area contributed by atoms with E-state index in [1.807, 2.05) is 10.9 Å². The minimum absolute atomic E-state index is 0.0260. The fourth-order valence-corrected chi connectivity index (χ4v) is 2.30. The molecule has 0 radical (unpaired) electrons. The summed E-state index contributed by atoms with van der Waals surface area (Å²) in [5, 5.41) is 8.31. The van der Waals surface area contributed by atoms with E-state index in [2.05, 4.69) is 47.6 Å². The molecule has 1 heterocycles. The molecule has 0 fully saturated rings. The van der Waals surface area contributed by atoms with Gasteiger partial charge >= 0.3 is 0 Å². The van der Waals surface area contributed by atoms with E-state index >= 15 is 0 Å². The third kappa shape index (κ3) is 4.46. The monoisotopic (exact) mass is 272 g/mol. The summed E-state index contributed by atoms with van der Waals surface area (Å²) >= 11 is 0. The van der Waals surface area contributed by atoms with E-state index in [9.17, 15) is 0 Å². The minimum Gasteiger partial charge on any atom is -0.323 e. The number of aromatic nitrogens is 3. The van der Waals surface area contributed by atoms with E-state index in [1.165, 1.54) is 12.0 Å². The van der Waals surface area contributed by atoms with E-state index in [0.29, 0.717) is 0 Å². The molecule has 0 aliphatic heterocycles. The minimum atomic E-state index is 0.0260. The molecule has 108 valence electrons. The maximum atomic E-state index is 6.03. The van der Waals surface area contributed by atoms with Crippen molar-refractivity contribution < 1.29 is 0 Å². The Balaban J connectivity index is 1.72.